The fourth-order valence-electron chi connectivity index (χ4n) is 1.15. The van der Waals surface area contributed by atoms with Gasteiger partial charge < -0.3 is 10.4 Å². The number of rotatable bonds is 4. The molecule has 0 aliphatic rings. The summed E-state index contributed by atoms with van der Waals surface area (Å²) in [4.78, 5) is 26.3. The van der Waals surface area contributed by atoms with Crippen molar-refractivity contribution in [2.24, 2.45) is 11.8 Å². The van der Waals surface area contributed by atoms with Gasteiger partial charge in [-0.15, -0.1) is 0 Å². The Morgan fingerprint density at radius 3 is 2.59 bits per heavy atom. The molecule has 0 spiro atoms. The normalized spacial score (nSPS) is 13.8. The highest BCUT2D eigenvalue weighted by molar-refractivity contribution is 6.30. The molecule has 0 aliphatic heterocycles. The molecule has 6 heteroatoms. The third-order valence-corrected chi connectivity index (χ3v) is 2.76. The smallest absolute Gasteiger partial charge is 0.307 e. The Balaban J connectivity index is 2.69. The van der Waals surface area contributed by atoms with Gasteiger partial charge in [0, 0.05) is 17.1 Å². The molecule has 0 fully saturated rings. The zero-order valence-electron chi connectivity index (χ0n) is 9.48. The molecule has 0 saturated heterocycles. The Labute approximate surface area is 104 Å². The number of hydrogen-bond acceptors (Lipinski definition) is 3. The van der Waals surface area contributed by atoms with Gasteiger partial charge in [-0.2, -0.15) is 0 Å². The number of carboxylic acids is 1. The fourth-order valence-corrected chi connectivity index (χ4v) is 1.31. The second-order valence-corrected chi connectivity index (χ2v) is 4.20. The Hall–Kier alpha value is -1.62. The topological polar surface area (TPSA) is 79.3 Å². The summed E-state index contributed by atoms with van der Waals surface area (Å²) in [7, 11) is 0. The van der Waals surface area contributed by atoms with Crippen LogP contribution in [-0.2, 0) is 9.59 Å². The quantitative estimate of drug-likeness (QED) is 0.864. The lowest BCUT2D eigenvalue weighted by molar-refractivity contribution is -0.145. The van der Waals surface area contributed by atoms with Gasteiger partial charge in [0.15, 0.2) is 0 Å². The maximum Gasteiger partial charge on any atom is 0.307 e. The molecular formula is C11H13ClN2O3. The van der Waals surface area contributed by atoms with Crippen LogP contribution in [0.5, 0.6) is 0 Å². The van der Waals surface area contributed by atoms with Gasteiger partial charge in [0.05, 0.1) is 5.92 Å². The number of hydrogen-bond donors (Lipinski definition) is 2. The van der Waals surface area contributed by atoms with Crippen molar-refractivity contribution in [1.29, 1.82) is 0 Å². The van der Waals surface area contributed by atoms with Crippen LogP contribution in [0.1, 0.15) is 13.8 Å². The van der Waals surface area contributed by atoms with E-state index >= 15 is 0 Å². The van der Waals surface area contributed by atoms with E-state index in [0.29, 0.717) is 10.8 Å². The highest BCUT2D eigenvalue weighted by atomic mass is 35.5. The number of aromatic nitrogens is 1. The molecule has 0 bridgehead atoms. The van der Waals surface area contributed by atoms with Crippen LogP contribution >= 0.6 is 11.6 Å². The van der Waals surface area contributed by atoms with Gasteiger partial charge in [-0.3, -0.25) is 9.59 Å². The molecular weight excluding hydrogens is 244 g/mol. The molecule has 1 aromatic heterocycles. The first-order valence-corrected chi connectivity index (χ1v) is 5.45. The largest absolute Gasteiger partial charge is 0.481 e. The van der Waals surface area contributed by atoms with Gasteiger partial charge in [0.25, 0.3) is 0 Å². The van der Waals surface area contributed by atoms with Crippen LogP contribution in [0.4, 0.5) is 5.82 Å². The number of carboxylic acid groups (broad SMARTS) is 1. The van der Waals surface area contributed by atoms with Gasteiger partial charge in [0.2, 0.25) is 5.91 Å². The van der Waals surface area contributed by atoms with Crippen LogP contribution in [-0.4, -0.2) is 22.0 Å². The highest BCUT2D eigenvalue weighted by Crippen LogP contribution is 2.16. The molecule has 0 aromatic carbocycles. The molecule has 2 atom stereocenters. The van der Waals surface area contributed by atoms with E-state index in [1.54, 1.807) is 13.0 Å². The van der Waals surface area contributed by atoms with Crippen molar-refractivity contribution >= 4 is 29.3 Å². The average Bonchev–Trinajstić information content (AvgIpc) is 2.26. The Bertz CT molecular complexity index is 436. The lowest BCUT2D eigenvalue weighted by Crippen LogP contribution is -2.30. The number of halogens is 1. The van der Waals surface area contributed by atoms with Gasteiger partial charge in [-0.05, 0) is 12.1 Å². The minimum absolute atomic E-state index is 0.312. The van der Waals surface area contributed by atoms with E-state index in [0.717, 1.165) is 0 Å². The molecule has 5 nitrogen and oxygen atoms in total. The van der Waals surface area contributed by atoms with E-state index in [9.17, 15) is 9.59 Å². The van der Waals surface area contributed by atoms with Crippen molar-refractivity contribution in [3.8, 4) is 0 Å². The van der Waals surface area contributed by atoms with Crippen LogP contribution < -0.4 is 5.32 Å². The molecule has 2 N–H and O–H groups in total. The SMILES string of the molecule is CC(C(=O)O)C(C)C(=O)Nc1cc(Cl)ccn1. The maximum absolute atomic E-state index is 11.7. The fraction of sp³-hybridized carbons (Fsp3) is 0.364. The van der Waals surface area contributed by atoms with Crippen molar-refractivity contribution in [2.75, 3.05) is 5.32 Å². The third-order valence-electron chi connectivity index (χ3n) is 2.53. The molecule has 1 rings (SSSR count). The number of nitrogens with one attached hydrogen (secondary N) is 1. The average molecular weight is 257 g/mol. The molecule has 0 radical (unpaired) electrons. The summed E-state index contributed by atoms with van der Waals surface area (Å²) in [6.07, 6.45) is 1.46. The zero-order valence-corrected chi connectivity index (χ0v) is 10.2. The van der Waals surface area contributed by atoms with E-state index in [4.69, 9.17) is 16.7 Å². The summed E-state index contributed by atoms with van der Waals surface area (Å²) in [5.74, 6) is -2.49. The Morgan fingerprint density at radius 1 is 1.41 bits per heavy atom. The minimum Gasteiger partial charge on any atom is -0.481 e. The van der Waals surface area contributed by atoms with Crippen molar-refractivity contribution in [3.05, 3.63) is 23.4 Å². The Kier molecular flexibility index (Phi) is 4.45. The summed E-state index contributed by atoms with van der Waals surface area (Å²) in [6, 6.07) is 3.08. The standard InChI is InChI=1S/C11H13ClN2O3/c1-6(7(2)11(16)17)10(15)14-9-5-8(12)3-4-13-9/h3-7H,1-2H3,(H,16,17)(H,13,14,15). The van der Waals surface area contributed by atoms with Gasteiger partial charge in [-0.25, -0.2) is 4.98 Å². The Morgan fingerprint density at radius 2 is 2.06 bits per heavy atom. The first-order chi connectivity index (χ1) is 7.91. The van der Waals surface area contributed by atoms with E-state index in [-0.39, 0.29) is 0 Å². The lowest BCUT2D eigenvalue weighted by Gasteiger charge is -2.15. The molecule has 0 saturated carbocycles. The predicted octanol–water partition coefficient (Wildman–Crippen LogP) is 2.03. The van der Waals surface area contributed by atoms with E-state index in [1.165, 1.54) is 19.2 Å². The number of amides is 1. The zero-order chi connectivity index (χ0) is 13.0. The summed E-state index contributed by atoms with van der Waals surface area (Å²) in [6.45, 7) is 3.04. The van der Waals surface area contributed by atoms with Crippen LogP contribution in [0.25, 0.3) is 0 Å². The number of pyridine rings is 1. The summed E-state index contributed by atoms with van der Waals surface area (Å²) >= 11 is 5.74. The first-order valence-electron chi connectivity index (χ1n) is 5.07. The number of carbonyl (C=O) groups is 2. The number of carbonyl (C=O) groups excluding carboxylic acids is 1. The summed E-state index contributed by atoms with van der Waals surface area (Å²) < 4.78 is 0. The number of aliphatic carboxylic acids is 1. The van der Waals surface area contributed by atoms with Crippen LogP contribution in [0.3, 0.4) is 0 Å². The monoisotopic (exact) mass is 256 g/mol. The highest BCUT2D eigenvalue weighted by Gasteiger charge is 2.25. The minimum atomic E-state index is -1.01. The van der Waals surface area contributed by atoms with Crippen molar-refractivity contribution in [1.82, 2.24) is 4.98 Å². The van der Waals surface area contributed by atoms with Crippen LogP contribution in [0.2, 0.25) is 5.02 Å². The van der Waals surface area contributed by atoms with Gasteiger partial charge >= 0.3 is 5.97 Å². The molecule has 0 aliphatic carbocycles. The molecule has 1 heterocycles. The molecule has 1 aromatic rings. The third kappa shape index (κ3) is 3.71. The van der Waals surface area contributed by atoms with Crippen molar-refractivity contribution in [2.45, 2.75) is 13.8 Å². The van der Waals surface area contributed by atoms with E-state index in [1.807, 2.05) is 0 Å². The predicted molar refractivity (Wildman–Crippen MR) is 63.8 cm³/mol. The molecule has 1 amide bonds. The number of nitrogens with zero attached hydrogens (tertiary/aromatic N) is 1. The lowest BCUT2D eigenvalue weighted by atomic mass is 9.95. The summed E-state index contributed by atoms with van der Waals surface area (Å²) in [5.41, 5.74) is 0. The second kappa shape index (κ2) is 5.63. The molecule has 2 unspecified atom stereocenters. The number of anilines is 1. The molecule has 17 heavy (non-hydrogen) atoms. The van der Waals surface area contributed by atoms with Crippen LogP contribution in [0, 0.1) is 11.8 Å². The first kappa shape index (κ1) is 13.4. The second-order valence-electron chi connectivity index (χ2n) is 3.76. The van der Waals surface area contributed by atoms with Crippen molar-refractivity contribution < 1.29 is 14.7 Å². The van der Waals surface area contributed by atoms with Gasteiger partial charge in [0.1, 0.15) is 5.82 Å². The van der Waals surface area contributed by atoms with Crippen LogP contribution in [0.15, 0.2) is 18.3 Å². The van der Waals surface area contributed by atoms with E-state index < -0.39 is 23.7 Å². The van der Waals surface area contributed by atoms with Crippen molar-refractivity contribution in [3.63, 3.8) is 0 Å². The van der Waals surface area contributed by atoms with Gasteiger partial charge in [-0.1, -0.05) is 25.4 Å². The van der Waals surface area contributed by atoms with E-state index in [2.05, 4.69) is 10.3 Å². The maximum atomic E-state index is 11.7. The molecule has 92 valence electrons. The summed E-state index contributed by atoms with van der Waals surface area (Å²) in [5, 5.41) is 11.8.